The number of aromatic nitrogens is 1. The Morgan fingerprint density at radius 3 is 2.79 bits per heavy atom. The first-order valence-corrected chi connectivity index (χ1v) is 11.3. The van der Waals surface area contributed by atoms with Crippen molar-refractivity contribution in [3.05, 3.63) is 53.9 Å². The summed E-state index contributed by atoms with van der Waals surface area (Å²) in [5, 5.41) is 13.6. The summed E-state index contributed by atoms with van der Waals surface area (Å²) in [6, 6.07) is 10.8. The van der Waals surface area contributed by atoms with Crippen molar-refractivity contribution in [3.63, 3.8) is 0 Å². The number of carboxylic acid groups (broad SMARTS) is 1. The van der Waals surface area contributed by atoms with Gasteiger partial charge in [0.2, 0.25) is 6.29 Å². The topological polar surface area (TPSA) is 96.7 Å². The van der Waals surface area contributed by atoms with Crippen LogP contribution in [0.4, 0.5) is 5.69 Å². The van der Waals surface area contributed by atoms with E-state index < -0.39 is 12.3 Å². The number of rotatable bonds is 8. The second kappa shape index (κ2) is 11.1. The van der Waals surface area contributed by atoms with Crippen LogP contribution in [-0.2, 0) is 9.57 Å². The van der Waals surface area contributed by atoms with Gasteiger partial charge in [-0.2, -0.15) is 0 Å². The van der Waals surface area contributed by atoms with Crippen molar-refractivity contribution in [2.75, 3.05) is 51.3 Å². The van der Waals surface area contributed by atoms with E-state index >= 15 is 0 Å². The number of benzene rings is 1. The minimum Gasteiger partial charge on any atom is -0.485 e. The number of likely N-dealkylation sites (N-methyl/N-ethyl adjacent to an activating group) is 1. The zero-order valence-electron chi connectivity index (χ0n) is 18.9. The lowest BCUT2D eigenvalue weighted by Gasteiger charge is -2.34. The zero-order valence-corrected chi connectivity index (χ0v) is 18.9. The summed E-state index contributed by atoms with van der Waals surface area (Å²) in [7, 11) is 2.12. The van der Waals surface area contributed by atoms with E-state index in [0.29, 0.717) is 18.0 Å². The predicted octanol–water partition coefficient (Wildman–Crippen LogP) is 2.86. The molecule has 0 amide bonds. The van der Waals surface area contributed by atoms with Crippen LogP contribution in [0.1, 0.15) is 35.3 Å². The molecule has 1 atom stereocenters. The van der Waals surface area contributed by atoms with E-state index in [2.05, 4.69) is 27.0 Å². The van der Waals surface area contributed by atoms with E-state index in [-0.39, 0.29) is 12.2 Å². The van der Waals surface area contributed by atoms with Crippen LogP contribution in [0.2, 0.25) is 0 Å². The maximum absolute atomic E-state index is 11.4. The second-order valence-electron chi connectivity index (χ2n) is 8.22. The Balaban J connectivity index is 1.53. The van der Waals surface area contributed by atoms with E-state index in [0.717, 1.165) is 56.9 Å². The molecule has 1 N–H and O–H groups in total. The first-order valence-electron chi connectivity index (χ1n) is 11.3. The molecule has 3 heterocycles. The number of nitrogens with zero attached hydrogens (tertiary/aromatic N) is 4. The average Bonchev–Trinajstić information content (AvgIpc) is 2.85. The molecule has 2 aliphatic heterocycles. The van der Waals surface area contributed by atoms with Crippen LogP contribution in [-0.4, -0.2) is 79.4 Å². The van der Waals surface area contributed by atoms with E-state index in [4.69, 9.17) is 14.3 Å². The summed E-state index contributed by atoms with van der Waals surface area (Å²) in [4.78, 5) is 26.0. The maximum Gasteiger partial charge on any atom is 0.335 e. The van der Waals surface area contributed by atoms with Gasteiger partial charge in [0.25, 0.3) is 0 Å². The standard InChI is InChI=1S/C24H30N4O5/c1-27-11-13-28(14-12-27)21-6-2-3-7-22(21)32-17-20(26-33-23-8-4-5-15-31-23)19-16-18(24(29)30)9-10-25-19/h2-3,6-7,9-10,16,23H,4-5,8,11-15,17H2,1H3,(H,29,30)/b26-20+. The molecule has 1 aromatic heterocycles. The van der Waals surface area contributed by atoms with Gasteiger partial charge >= 0.3 is 5.97 Å². The molecule has 2 aromatic rings. The van der Waals surface area contributed by atoms with Crippen LogP contribution in [0, 0.1) is 0 Å². The highest BCUT2D eigenvalue weighted by molar-refractivity contribution is 6.01. The van der Waals surface area contributed by atoms with E-state index in [1.54, 1.807) is 0 Å². The van der Waals surface area contributed by atoms with Crippen LogP contribution in [0.25, 0.3) is 0 Å². The molecular weight excluding hydrogens is 424 g/mol. The molecule has 1 aromatic carbocycles. The van der Waals surface area contributed by atoms with Crippen LogP contribution < -0.4 is 9.64 Å². The number of aromatic carboxylic acids is 1. The predicted molar refractivity (Wildman–Crippen MR) is 124 cm³/mol. The number of carboxylic acids is 1. The van der Waals surface area contributed by atoms with Crippen molar-refractivity contribution < 1.29 is 24.2 Å². The fourth-order valence-corrected chi connectivity index (χ4v) is 3.82. The molecule has 2 aliphatic rings. The van der Waals surface area contributed by atoms with Gasteiger partial charge < -0.3 is 29.2 Å². The van der Waals surface area contributed by atoms with Gasteiger partial charge in [0.1, 0.15) is 18.1 Å². The van der Waals surface area contributed by atoms with Crippen molar-refractivity contribution in [1.29, 1.82) is 0 Å². The molecule has 176 valence electrons. The summed E-state index contributed by atoms with van der Waals surface area (Å²) in [6.07, 6.45) is 3.80. The van der Waals surface area contributed by atoms with E-state index in [1.165, 1.54) is 18.3 Å². The van der Waals surface area contributed by atoms with Crippen LogP contribution in [0.5, 0.6) is 5.75 Å². The summed E-state index contributed by atoms with van der Waals surface area (Å²) in [6.45, 7) is 4.53. The molecule has 0 spiro atoms. The van der Waals surface area contributed by atoms with E-state index in [9.17, 15) is 9.90 Å². The Morgan fingerprint density at radius 2 is 2.03 bits per heavy atom. The average molecular weight is 455 g/mol. The fourth-order valence-electron chi connectivity index (χ4n) is 3.82. The Morgan fingerprint density at radius 1 is 1.21 bits per heavy atom. The number of piperazine rings is 1. The SMILES string of the molecule is CN1CCN(c2ccccc2OC/C(=N\OC2CCCCO2)c2cc(C(=O)O)ccn2)CC1. The minimum absolute atomic E-state index is 0.0769. The molecule has 0 radical (unpaired) electrons. The Kier molecular flexibility index (Phi) is 7.74. The number of hydrogen-bond donors (Lipinski definition) is 1. The molecular formula is C24H30N4O5. The fraction of sp³-hybridized carbons (Fsp3) is 0.458. The lowest BCUT2D eigenvalue weighted by molar-refractivity contribution is -0.162. The molecule has 33 heavy (non-hydrogen) atoms. The highest BCUT2D eigenvalue weighted by Gasteiger charge is 2.20. The summed E-state index contributed by atoms with van der Waals surface area (Å²) < 4.78 is 11.8. The smallest absolute Gasteiger partial charge is 0.335 e. The Labute approximate surface area is 193 Å². The molecule has 9 heteroatoms. The largest absolute Gasteiger partial charge is 0.485 e. The summed E-state index contributed by atoms with van der Waals surface area (Å²) >= 11 is 0. The van der Waals surface area contributed by atoms with Gasteiger partial charge in [0.15, 0.2) is 0 Å². The second-order valence-corrected chi connectivity index (χ2v) is 8.22. The summed E-state index contributed by atoms with van der Waals surface area (Å²) in [5.74, 6) is -0.297. The lowest BCUT2D eigenvalue weighted by atomic mass is 10.2. The van der Waals surface area contributed by atoms with Gasteiger partial charge in [-0.1, -0.05) is 17.3 Å². The van der Waals surface area contributed by atoms with Crippen molar-refractivity contribution in [2.45, 2.75) is 25.6 Å². The van der Waals surface area contributed by atoms with Gasteiger partial charge in [-0.3, -0.25) is 4.98 Å². The molecule has 1 unspecified atom stereocenters. The Bertz CT molecular complexity index is 969. The van der Waals surface area contributed by atoms with Crippen molar-refractivity contribution in [3.8, 4) is 5.75 Å². The monoisotopic (exact) mass is 454 g/mol. The number of para-hydroxylation sites is 2. The molecule has 9 nitrogen and oxygen atoms in total. The minimum atomic E-state index is -1.03. The number of carbonyl (C=O) groups is 1. The first-order chi connectivity index (χ1) is 16.1. The highest BCUT2D eigenvalue weighted by Crippen LogP contribution is 2.29. The highest BCUT2D eigenvalue weighted by atomic mass is 16.8. The zero-order chi connectivity index (χ0) is 23.0. The normalized spacial score (nSPS) is 19.8. The van der Waals surface area contributed by atoms with Crippen molar-refractivity contribution in [2.24, 2.45) is 5.16 Å². The quantitative estimate of drug-likeness (QED) is 0.481. The number of hydrogen-bond acceptors (Lipinski definition) is 8. The third kappa shape index (κ3) is 6.21. The number of oxime groups is 1. The van der Waals surface area contributed by atoms with Crippen molar-refractivity contribution >= 4 is 17.4 Å². The molecule has 0 bridgehead atoms. The Hall–Kier alpha value is -3.17. The van der Waals surface area contributed by atoms with Gasteiger partial charge in [-0.05, 0) is 44.2 Å². The maximum atomic E-state index is 11.4. The van der Waals surface area contributed by atoms with E-state index in [1.807, 2.05) is 24.3 Å². The first kappa shape index (κ1) is 23.0. The van der Waals surface area contributed by atoms with Crippen LogP contribution in [0.3, 0.4) is 0 Å². The summed E-state index contributed by atoms with van der Waals surface area (Å²) in [5.41, 5.74) is 1.94. The van der Waals surface area contributed by atoms with Gasteiger partial charge in [-0.25, -0.2) is 4.79 Å². The van der Waals surface area contributed by atoms with Crippen LogP contribution in [0.15, 0.2) is 47.8 Å². The number of anilines is 1. The third-order valence-electron chi connectivity index (χ3n) is 5.79. The molecule has 0 saturated carbocycles. The molecule has 2 fully saturated rings. The molecule has 4 rings (SSSR count). The third-order valence-corrected chi connectivity index (χ3v) is 5.79. The van der Waals surface area contributed by atoms with Gasteiger partial charge in [0.05, 0.1) is 23.6 Å². The molecule has 2 saturated heterocycles. The molecule has 0 aliphatic carbocycles. The number of pyridine rings is 1. The van der Waals surface area contributed by atoms with Gasteiger partial charge in [-0.15, -0.1) is 0 Å². The number of ether oxygens (including phenoxy) is 2. The van der Waals surface area contributed by atoms with Crippen LogP contribution >= 0.6 is 0 Å². The van der Waals surface area contributed by atoms with Gasteiger partial charge in [0, 0.05) is 38.8 Å². The lowest BCUT2D eigenvalue weighted by Crippen LogP contribution is -2.44. The van der Waals surface area contributed by atoms with Crippen molar-refractivity contribution in [1.82, 2.24) is 9.88 Å².